The molecule has 1 fully saturated rings. The van der Waals surface area contributed by atoms with Crippen molar-refractivity contribution in [2.75, 3.05) is 7.11 Å². The molecule has 0 amide bonds. The van der Waals surface area contributed by atoms with Crippen LogP contribution in [-0.2, 0) is 21.4 Å². The van der Waals surface area contributed by atoms with Crippen LogP contribution in [0.3, 0.4) is 0 Å². The van der Waals surface area contributed by atoms with Gasteiger partial charge in [-0.05, 0) is 54.4 Å². The van der Waals surface area contributed by atoms with Crippen LogP contribution in [0, 0.1) is 11.3 Å². The third-order valence-corrected chi connectivity index (χ3v) is 6.53. The zero-order chi connectivity index (χ0) is 17.9. The number of hydrogen-bond donors (Lipinski definition) is 0. The number of fused-ring (bicyclic) bond motifs is 3. The summed E-state index contributed by atoms with van der Waals surface area (Å²) in [6.07, 6.45) is 1.86. The van der Waals surface area contributed by atoms with Crippen molar-refractivity contribution in [1.29, 1.82) is 0 Å². The first-order chi connectivity index (χ1) is 11.1. The van der Waals surface area contributed by atoms with E-state index in [9.17, 15) is 9.59 Å². The highest BCUT2D eigenvalue weighted by molar-refractivity contribution is 6.09. The minimum absolute atomic E-state index is 0.0493. The van der Waals surface area contributed by atoms with E-state index in [2.05, 4.69) is 26.0 Å². The summed E-state index contributed by atoms with van der Waals surface area (Å²) in [6, 6.07) is 4.29. The average Bonchev–Trinajstić information content (AvgIpc) is 2.52. The van der Waals surface area contributed by atoms with Crippen molar-refractivity contribution in [1.82, 2.24) is 0 Å². The summed E-state index contributed by atoms with van der Waals surface area (Å²) in [7, 11) is 1.69. The number of hydrogen-bond acceptors (Lipinski definition) is 3. The average molecular weight is 328 g/mol. The summed E-state index contributed by atoms with van der Waals surface area (Å²) in [5, 5.41) is 0. The molecule has 2 atom stereocenters. The SMILES string of the molecule is COc1cc2c(cc1C(C)C)CC[C@@H]1C(C)(C)C(=O)CC(=O)[C@]21C. The summed E-state index contributed by atoms with van der Waals surface area (Å²) in [4.78, 5) is 25.4. The van der Waals surface area contributed by atoms with Crippen molar-refractivity contribution < 1.29 is 14.3 Å². The van der Waals surface area contributed by atoms with Crippen molar-refractivity contribution in [2.45, 2.75) is 65.2 Å². The van der Waals surface area contributed by atoms with Gasteiger partial charge >= 0.3 is 0 Å². The highest BCUT2D eigenvalue weighted by Crippen LogP contribution is 2.55. The Morgan fingerprint density at radius 1 is 1.12 bits per heavy atom. The molecule has 3 rings (SSSR count). The van der Waals surface area contributed by atoms with Crippen LogP contribution in [0.2, 0.25) is 0 Å². The van der Waals surface area contributed by atoms with Gasteiger partial charge in [0.15, 0.2) is 5.78 Å². The van der Waals surface area contributed by atoms with E-state index in [0.29, 0.717) is 5.92 Å². The number of Topliss-reactive ketones (excluding diaryl/α,β-unsaturated/α-hetero) is 2. The Morgan fingerprint density at radius 2 is 1.79 bits per heavy atom. The van der Waals surface area contributed by atoms with Crippen LogP contribution >= 0.6 is 0 Å². The lowest BCUT2D eigenvalue weighted by Gasteiger charge is -2.52. The van der Waals surface area contributed by atoms with E-state index < -0.39 is 10.8 Å². The third-order valence-electron chi connectivity index (χ3n) is 6.53. The molecular formula is C21H28O3. The molecule has 3 heteroatoms. The van der Waals surface area contributed by atoms with Crippen LogP contribution in [0.4, 0.5) is 0 Å². The second-order valence-corrected chi connectivity index (χ2v) is 8.44. The number of rotatable bonds is 2. The van der Waals surface area contributed by atoms with Crippen LogP contribution in [0.1, 0.15) is 70.1 Å². The fraction of sp³-hybridized carbons (Fsp3) is 0.619. The van der Waals surface area contributed by atoms with Crippen molar-refractivity contribution in [2.24, 2.45) is 11.3 Å². The minimum Gasteiger partial charge on any atom is -0.496 e. The second-order valence-electron chi connectivity index (χ2n) is 8.44. The van der Waals surface area contributed by atoms with Gasteiger partial charge in [0.25, 0.3) is 0 Å². The lowest BCUT2D eigenvalue weighted by molar-refractivity contribution is -0.147. The number of carbonyl (C=O) groups excluding carboxylic acids is 2. The minimum atomic E-state index is -0.590. The zero-order valence-electron chi connectivity index (χ0n) is 15.7. The van der Waals surface area contributed by atoms with Gasteiger partial charge in [0.1, 0.15) is 11.5 Å². The standard InChI is InChI=1S/C21H28O3/c1-12(2)14-9-13-7-8-17-20(3,4)18(22)11-19(23)21(17,5)15(13)10-16(14)24-6/h9-10,12,17H,7-8,11H2,1-6H3/t17-,21-/m1/s1. The molecule has 0 heterocycles. The molecule has 0 spiro atoms. The van der Waals surface area contributed by atoms with Gasteiger partial charge in [-0.3, -0.25) is 9.59 Å². The van der Waals surface area contributed by atoms with Gasteiger partial charge in [-0.2, -0.15) is 0 Å². The maximum atomic E-state index is 13.0. The number of carbonyl (C=O) groups is 2. The van der Waals surface area contributed by atoms with Gasteiger partial charge in [0.05, 0.1) is 18.9 Å². The van der Waals surface area contributed by atoms with Gasteiger partial charge in [-0.1, -0.05) is 33.8 Å². The Hall–Kier alpha value is -1.64. The molecule has 0 bridgehead atoms. The van der Waals surface area contributed by atoms with E-state index in [1.54, 1.807) is 7.11 Å². The summed E-state index contributed by atoms with van der Waals surface area (Å²) in [6.45, 7) is 10.4. The normalized spacial score (nSPS) is 28.5. The molecule has 0 aliphatic heterocycles. The summed E-state index contributed by atoms with van der Waals surface area (Å²) in [5.41, 5.74) is 2.47. The van der Waals surface area contributed by atoms with Gasteiger partial charge in [0, 0.05) is 5.41 Å². The Morgan fingerprint density at radius 3 is 2.38 bits per heavy atom. The van der Waals surface area contributed by atoms with E-state index in [1.807, 2.05) is 20.8 Å². The molecule has 2 aliphatic carbocycles. The molecule has 0 radical (unpaired) electrons. The predicted octanol–water partition coefficient (Wildman–Crippen LogP) is 4.21. The highest BCUT2D eigenvalue weighted by Gasteiger charge is 2.58. The lowest BCUT2D eigenvalue weighted by Crippen LogP contribution is -2.57. The molecule has 0 N–H and O–H groups in total. The lowest BCUT2D eigenvalue weighted by atomic mass is 9.49. The van der Waals surface area contributed by atoms with E-state index >= 15 is 0 Å². The Bertz CT molecular complexity index is 714. The molecule has 1 aromatic rings. The van der Waals surface area contributed by atoms with Crippen LogP contribution in [0.5, 0.6) is 5.75 Å². The number of ether oxygens (including phenoxy) is 1. The monoisotopic (exact) mass is 328 g/mol. The summed E-state index contributed by atoms with van der Waals surface area (Å²) in [5.74, 6) is 1.44. The predicted molar refractivity (Wildman–Crippen MR) is 94.7 cm³/mol. The van der Waals surface area contributed by atoms with Gasteiger partial charge < -0.3 is 4.74 Å². The first kappa shape index (κ1) is 17.2. The van der Waals surface area contributed by atoms with E-state index in [0.717, 1.165) is 24.2 Å². The van der Waals surface area contributed by atoms with Crippen molar-refractivity contribution in [3.8, 4) is 5.75 Å². The van der Waals surface area contributed by atoms with Crippen molar-refractivity contribution in [3.05, 3.63) is 28.8 Å². The number of benzene rings is 1. The van der Waals surface area contributed by atoms with Crippen LogP contribution in [0.15, 0.2) is 12.1 Å². The molecule has 130 valence electrons. The number of methoxy groups -OCH3 is 1. The molecular weight excluding hydrogens is 300 g/mol. The molecule has 0 saturated heterocycles. The number of aryl methyl sites for hydroxylation is 1. The first-order valence-corrected chi connectivity index (χ1v) is 8.91. The van der Waals surface area contributed by atoms with Gasteiger partial charge in [-0.15, -0.1) is 0 Å². The maximum absolute atomic E-state index is 13.0. The van der Waals surface area contributed by atoms with Crippen molar-refractivity contribution >= 4 is 11.6 Å². The molecule has 2 aliphatic rings. The molecule has 24 heavy (non-hydrogen) atoms. The Balaban J connectivity index is 2.22. The quantitative estimate of drug-likeness (QED) is 0.764. The van der Waals surface area contributed by atoms with Crippen LogP contribution in [0.25, 0.3) is 0 Å². The first-order valence-electron chi connectivity index (χ1n) is 8.91. The Kier molecular flexibility index (Phi) is 3.89. The van der Waals surface area contributed by atoms with Crippen LogP contribution < -0.4 is 4.74 Å². The fourth-order valence-electron chi connectivity index (χ4n) is 4.92. The van der Waals surface area contributed by atoms with Crippen LogP contribution in [-0.4, -0.2) is 18.7 Å². The van der Waals surface area contributed by atoms with Crippen molar-refractivity contribution in [3.63, 3.8) is 0 Å². The Labute approximate surface area is 144 Å². The fourth-order valence-corrected chi connectivity index (χ4v) is 4.92. The third kappa shape index (κ3) is 2.17. The van der Waals surface area contributed by atoms with E-state index in [-0.39, 0.29) is 23.9 Å². The molecule has 3 nitrogen and oxygen atoms in total. The maximum Gasteiger partial charge on any atom is 0.150 e. The second kappa shape index (κ2) is 5.44. The largest absolute Gasteiger partial charge is 0.496 e. The molecule has 0 aromatic heterocycles. The molecule has 1 aromatic carbocycles. The zero-order valence-corrected chi connectivity index (χ0v) is 15.7. The molecule has 1 saturated carbocycles. The summed E-state index contributed by atoms with van der Waals surface area (Å²) < 4.78 is 5.63. The highest BCUT2D eigenvalue weighted by atomic mass is 16.5. The van der Waals surface area contributed by atoms with E-state index in [4.69, 9.17) is 4.74 Å². The van der Waals surface area contributed by atoms with E-state index in [1.165, 1.54) is 11.1 Å². The topological polar surface area (TPSA) is 43.4 Å². The molecule has 0 unspecified atom stereocenters. The van der Waals surface area contributed by atoms with Gasteiger partial charge in [0.2, 0.25) is 0 Å². The summed E-state index contributed by atoms with van der Waals surface area (Å²) >= 11 is 0. The van der Waals surface area contributed by atoms with Gasteiger partial charge in [-0.25, -0.2) is 0 Å². The smallest absolute Gasteiger partial charge is 0.150 e. The number of ketones is 2.